The topological polar surface area (TPSA) is 42.5 Å². The van der Waals surface area contributed by atoms with Gasteiger partial charge in [-0.05, 0) is 25.0 Å². The van der Waals surface area contributed by atoms with Gasteiger partial charge >= 0.3 is 0 Å². The zero-order valence-electron chi connectivity index (χ0n) is 10.5. The summed E-state index contributed by atoms with van der Waals surface area (Å²) in [4.78, 5) is 0. The van der Waals surface area contributed by atoms with Gasteiger partial charge in [0.15, 0.2) is 0 Å². The van der Waals surface area contributed by atoms with Gasteiger partial charge in [-0.25, -0.2) is 0 Å². The van der Waals surface area contributed by atoms with E-state index in [-0.39, 0.29) is 0 Å². The smallest absolute Gasteiger partial charge is 0.121 e. The third-order valence-electron chi connectivity index (χ3n) is 3.03. The van der Waals surface area contributed by atoms with Gasteiger partial charge in [0.1, 0.15) is 5.75 Å². The van der Waals surface area contributed by atoms with Crippen LogP contribution in [-0.4, -0.2) is 33.4 Å². The fourth-order valence-electron chi connectivity index (χ4n) is 2.07. The zero-order chi connectivity index (χ0) is 12.1. The predicted octanol–water partition coefficient (Wildman–Crippen LogP) is 2.33. The molecule has 4 nitrogen and oxygen atoms in total. The van der Waals surface area contributed by atoms with Crippen molar-refractivity contribution in [3.63, 3.8) is 0 Å². The summed E-state index contributed by atoms with van der Waals surface area (Å²) in [5.74, 6) is 0.885. The second-order valence-corrected chi connectivity index (χ2v) is 4.27. The standard InChI is InChI=1S/C13H20N2O2/c1-16-7-3-4-10-9-14-13-8-11(17-2)5-6-12(13)15-10/h5-6,8,10,14-15H,3-4,7,9H2,1-2H3. The summed E-state index contributed by atoms with van der Waals surface area (Å²) >= 11 is 0. The van der Waals surface area contributed by atoms with Gasteiger partial charge in [0.05, 0.1) is 18.5 Å². The summed E-state index contributed by atoms with van der Waals surface area (Å²) in [6.07, 6.45) is 2.20. The average molecular weight is 236 g/mol. The van der Waals surface area contributed by atoms with Gasteiger partial charge in [0.25, 0.3) is 0 Å². The molecule has 0 aliphatic carbocycles. The summed E-state index contributed by atoms with van der Waals surface area (Å²) in [6, 6.07) is 6.54. The number of hydrogen-bond donors (Lipinski definition) is 2. The molecule has 0 radical (unpaired) electrons. The van der Waals surface area contributed by atoms with Crippen molar-refractivity contribution in [2.75, 3.05) is 38.0 Å². The summed E-state index contributed by atoms with van der Waals surface area (Å²) in [5, 5.41) is 6.96. The molecule has 1 aromatic carbocycles. The van der Waals surface area contributed by atoms with Gasteiger partial charge in [-0.2, -0.15) is 0 Å². The van der Waals surface area contributed by atoms with Crippen LogP contribution in [0.1, 0.15) is 12.8 Å². The Labute approximate surface area is 102 Å². The minimum atomic E-state index is 0.478. The molecule has 17 heavy (non-hydrogen) atoms. The monoisotopic (exact) mass is 236 g/mol. The van der Waals surface area contributed by atoms with E-state index in [0.29, 0.717) is 6.04 Å². The Morgan fingerprint density at radius 2 is 2.18 bits per heavy atom. The Balaban J connectivity index is 1.94. The van der Waals surface area contributed by atoms with Gasteiger partial charge in [-0.15, -0.1) is 0 Å². The van der Waals surface area contributed by atoms with Gasteiger partial charge < -0.3 is 20.1 Å². The molecule has 0 saturated carbocycles. The molecule has 4 heteroatoms. The molecule has 2 N–H and O–H groups in total. The van der Waals surface area contributed by atoms with Crippen molar-refractivity contribution < 1.29 is 9.47 Å². The lowest BCUT2D eigenvalue weighted by molar-refractivity contribution is 0.191. The Hall–Kier alpha value is -1.42. The normalized spacial score (nSPS) is 17.9. The Morgan fingerprint density at radius 3 is 2.94 bits per heavy atom. The first-order valence-electron chi connectivity index (χ1n) is 6.01. The Kier molecular flexibility index (Phi) is 4.09. The largest absolute Gasteiger partial charge is 0.497 e. The van der Waals surface area contributed by atoms with Crippen molar-refractivity contribution in [2.24, 2.45) is 0 Å². The lowest BCUT2D eigenvalue weighted by Gasteiger charge is -2.28. The summed E-state index contributed by atoms with van der Waals surface area (Å²) in [6.45, 7) is 1.78. The van der Waals surface area contributed by atoms with Crippen LogP contribution in [0.2, 0.25) is 0 Å². The third-order valence-corrected chi connectivity index (χ3v) is 3.03. The molecule has 0 saturated heterocycles. The van der Waals surface area contributed by atoms with E-state index in [4.69, 9.17) is 9.47 Å². The molecule has 0 amide bonds. The first kappa shape index (κ1) is 12.0. The number of fused-ring (bicyclic) bond motifs is 1. The number of hydrogen-bond acceptors (Lipinski definition) is 4. The molecule has 2 rings (SSSR count). The maximum absolute atomic E-state index is 5.20. The minimum absolute atomic E-state index is 0.478. The number of anilines is 2. The lowest BCUT2D eigenvalue weighted by Crippen LogP contribution is -2.33. The van der Waals surface area contributed by atoms with Gasteiger partial charge in [0.2, 0.25) is 0 Å². The van der Waals surface area contributed by atoms with E-state index in [0.717, 1.165) is 43.1 Å². The molecule has 1 aromatic rings. The number of nitrogens with one attached hydrogen (secondary N) is 2. The average Bonchev–Trinajstić information content (AvgIpc) is 2.38. The molecule has 0 fully saturated rings. The van der Waals surface area contributed by atoms with Crippen LogP contribution < -0.4 is 15.4 Å². The second kappa shape index (κ2) is 5.77. The minimum Gasteiger partial charge on any atom is -0.497 e. The van der Waals surface area contributed by atoms with Crippen LogP contribution in [0.15, 0.2) is 18.2 Å². The van der Waals surface area contributed by atoms with Crippen LogP contribution >= 0.6 is 0 Å². The van der Waals surface area contributed by atoms with E-state index in [1.165, 1.54) is 0 Å². The van der Waals surface area contributed by atoms with Crippen molar-refractivity contribution in [3.05, 3.63) is 18.2 Å². The highest BCUT2D eigenvalue weighted by Gasteiger charge is 2.16. The van der Waals surface area contributed by atoms with Gasteiger partial charge in [0, 0.05) is 32.4 Å². The first-order chi connectivity index (χ1) is 8.33. The fraction of sp³-hybridized carbons (Fsp3) is 0.538. The van der Waals surface area contributed by atoms with Crippen LogP contribution in [0.3, 0.4) is 0 Å². The molecule has 94 valence electrons. The van der Waals surface area contributed by atoms with Crippen LogP contribution in [0, 0.1) is 0 Å². The molecule has 0 spiro atoms. The third kappa shape index (κ3) is 3.03. The van der Waals surface area contributed by atoms with Gasteiger partial charge in [-0.1, -0.05) is 0 Å². The fourth-order valence-corrected chi connectivity index (χ4v) is 2.07. The molecule has 1 heterocycles. The highest BCUT2D eigenvalue weighted by Crippen LogP contribution is 2.30. The van der Waals surface area contributed by atoms with E-state index in [1.54, 1.807) is 14.2 Å². The van der Waals surface area contributed by atoms with E-state index < -0.39 is 0 Å². The van der Waals surface area contributed by atoms with Crippen LogP contribution in [0.4, 0.5) is 11.4 Å². The molecule has 1 aliphatic heterocycles. The van der Waals surface area contributed by atoms with E-state index in [2.05, 4.69) is 16.7 Å². The quantitative estimate of drug-likeness (QED) is 0.770. The molecular weight excluding hydrogens is 216 g/mol. The molecule has 0 aromatic heterocycles. The summed E-state index contributed by atoms with van der Waals surface area (Å²) in [7, 11) is 3.43. The number of rotatable bonds is 5. The van der Waals surface area contributed by atoms with Crippen molar-refractivity contribution in [2.45, 2.75) is 18.9 Å². The second-order valence-electron chi connectivity index (χ2n) is 4.27. The van der Waals surface area contributed by atoms with E-state index in [9.17, 15) is 0 Å². The van der Waals surface area contributed by atoms with Crippen LogP contribution in [0.5, 0.6) is 5.75 Å². The molecule has 1 aliphatic rings. The van der Waals surface area contributed by atoms with Crippen LogP contribution in [-0.2, 0) is 4.74 Å². The highest BCUT2D eigenvalue weighted by atomic mass is 16.5. The van der Waals surface area contributed by atoms with Crippen LogP contribution in [0.25, 0.3) is 0 Å². The molecule has 0 bridgehead atoms. The highest BCUT2D eigenvalue weighted by molar-refractivity contribution is 5.73. The lowest BCUT2D eigenvalue weighted by atomic mass is 10.1. The molecule has 1 unspecified atom stereocenters. The van der Waals surface area contributed by atoms with Crippen molar-refractivity contribution in [1.29, 1.82) is 0 Å². The Bertz CT molecular complexity index is 368. The van der Waals surface area contributed by atoms with E-state index >= 15 is 0 Å². The summed E-state index contributed by atoms with van der Waals surface area (Å²) in [5.41, 5.74) is 2.27. The Morgan fingerprint density at radius 1 is 1.29 bits per heavy atom. The first-order valence-corrected chi connectivity index (χ1v) is 6.01. The van der Waals surface area contributed by atoms with Crippen molar-refractivity contribution in [3.8, 4) is 5.75 Å². The van der Waals surface area contributed by atoms with Crippen molar-refractivity contribution >= 4 is 11.4 Å². The molecular formula is C13H20N2O2. The number of ether oxygens (including phenoxy) is 2. The van der Waals surface area contributed by atoms with Gasteiger partial charge in [-0.3, -0.25) is 0 Å². The molecule has 1 atom stereocenters. The van der Waals surface area contributed by atoms with E-state index in [1.807, 2.05) is 12.1 Å². The zero-order valence-corrected chi connectivity index (χ0v) is 10.5. The number of benzene rings is 1. The SMILES string of the molecule is COCCCC1CNc2cc(OC)ccc2N1. The number of methoxy groups -OCH3 is 2. The maximum Gasteiger partial charge on any atom is 0.121 e. The maximum atomic E-state index is 5.20. The summed E-state index contributed by atoms with van der Waals surface area (Å²) < 4.78 is 10.3. The predicted molar refractivity (Wildman–Crippen MR) is 70.0 cm³/mol. The van der Waals surface area contributed by atoms with Crippen molar-refractivity contribution in [1.82, 2.24) is 0 Å².